The van der Waals surface area contributed by atoms with Gasteiger partial charge in [-0.15, -0.1) is 0 Å². The lowest BCUT2D eigenvalue weighted by Crippen LogP contribution is -1.99. The third kappa shape index (κ3) is 2.49. The van der Waals surface area contributed by atoms with Gasteiger partial charge in [0.15, 0.2) is 5.82 Å². The van der Waals surface area contributed by atoms with Crippen molar-refractivity contribution in [2.75, 3.05) is 7.11 Å². The molecule has 6 nitrogen and oxygen atoms in total. The fraction of sp³-hybridized carbons (Fsp3) is 0.357. The Morgan fingerprint density at radius 2 is 2.20 bits per heavy atom. The van der Waals surface area contributed by atoms with Crippen LogP contribution in [0.1, 0.15) is 29.6 Å². The molecule has 6 heteroatoms. The van der Waals surface area contributed by atoms with Crippen LogP contribution in [-0.4, -0.2) is 28.3 Å². The molecule has 1 saturated carbocycles. The van der Waals surface area contributed by atoms with Gasteiger partial charge < -0.3 is 14.4 Å². The lowest BCUT2D eigenvalue weighted by Gasteiger charge is -2.00. The Morgan fingerprint density at radius 1 is 1.45 bits per heavy atom. The van der Waals surface area contributed by atoms with Crippen molar-refractivity contribution in [1.82, 2.24) is 10.1 Å². The van der Waals surface area contributed by atoms with Crippen LogP contribution >= 0.6 is 0 Å². The zero-order valence-corrected chi connectivity index (χ0v) is 10.9. The van der Waals surface area contributed by atoms with E-state index in [9.17, 15) is 4.79 Å². The quantitative estimate of drug-likeness (QED) is 0.895. The number of benzene rings is 1. The first-order chi connectivity index (χ1) is 9.67. The molecule has 2 atom stereocenters. The van der Waals surface area contributed by atoms with E-state index in [2.05, 4.69) is 10.1 Å². The van der Waals surface area contributed by atoms with Gasteiger partial charge in [0.25, 0.3) is 0 Å². The maximum Gasteiger partial charge on any atom is 0.307 e. The first-order valence-electron chi connectivity index (χ1n) is 6.35. The van der Waals surface area contributed by atoms with Crippen LogP contribution < -0.4 is 4.74 Å². The Kier molecular flexibility index (Phi) is 3.14. The second-order valence-electron chi connectivity index (χ2n) is 4.86. The van der Waals surface area contributed by atoms with Crippen LogP contribution in [0.3, 0.4) is 0 Å². The Bertz CT molecular complexity index is 620. The van der Waals surface area contributed by atoms with Gasteiger partial charge in [-0.05, 0) is 24.1 Å². The van der Waals surface area contributed by atoms with E-state index < -0.39 is 5.97 Å². The molecular formula is C14H14N2O4. The first kappa shape index (κ1) is 12.7. The van der Waals surface area contributed by atoms with Crippen molar-refractivity contribution in [3.05, 3.63) is 41.5 Å². The number of aliphatic carboxylic acids is 1. The van der Waals surface area contributed by atoms with Gasteiger partial charge in [0.1, 0.15) is 5.75 Å². The van der Waals surface area contributed by atoms with E-state index in [1.807, 2.05) is 24.3 Å². The van der Waals surface area contributed by atoms with E-state index in [0.29, 0.717) is 24.6 Å². The number of carboxylic acids is 1. The molecule has 1 aromatic heterocycles. The molecule has 1 N–H and O–H groups in total. The molecule has 0 saturated heterocycles. The third-order valence-corrected chi connectivity index (χ3v) is 3.43. The third-order valence-electron chi connectivity index (χ3n) is 3.43. The van der Waals surface area contributed by atoms with Crippen molar-refractivity contribution in [3.63, 3.8) is 0 Å². The van der Waals surface area contributed by atoms with Gasteiger partial charge >= 0.3 is 5.97 Å². The predicted molar refractivity (Wildman–Crippen MR) is 68.6 cm³/mol. The summed E-state index contributed by atoms with van der Waals surface area (Å²) >= 11 is 0. The molecule has 1 heterocycles. The van der Waals surface area contributed by atoms with Crippen LogP contribution in [0.15, 0.2) is 28.8 Å². The van der Waals surface area contributed by atoms with Crippen LogP contribution in [0.25, 0.3) is 0 Å². The Balaban J connectivity index is 1.66. The van der Waals surface area contributed by atoms with Crippen LogP contribution in [-0.2, 0) is 11.2 Å². The minimum atomic E-state index is -0.801. The molecule has 1 fully saturated rings. The molecule has 0 bridgehead atoms. The first-order valence-corrected chi connectivity index (χ1v) is 6.35. The van der Waals surface area contributed by atoms with Crippen molar-refractivity contribution >= 4 is 5.97 Å². The highest BCUT2D eigenvalue weighted by Gasteiger charge is 2.48. The fourth-order valence-corrected chi connectivity index (χ4v) is 2.16. The molecule has 1 aromatic carbocycles. The summed E-state index contributed by atoms with van der Waals surface area (Å²) in [4.78, 5) is 15.1. The molecule has 1 aliphatic rings. The molecular weight excluding hydrogens is 260 g/mol. The number of nitrogens with zero attached hydrogens (tertiary/aromatic N) is 2. The SMILES string of the molecule is COc1ccc(Cc2noc(C3CC3C(=O)O)n2)cc1. The molecule has 0 spiro atoms. The van der Waals surface area contributed by atoms with E-state index in [0.717, 1.165) is 11.3 Å². The van der Waals surface area contributed by atoms with Gasteiger partial charge in [-0.3, -0.25) is 4.79 Å². The van der Waals surface area contributed by atoms with Crippen LogP contribution in [0.4, 0.5) is 0 Å². The van der Waals surface area contributed by atoms with Crippen molar-refractivity contribution in [1.29, 1.82) is 0 Å². The second kappa shape index (κ2) is 4.96. The summed E-state index contributed by atoms with van der Waals surface area (Å²) in [6, 6.07) is 7.62. The lowest BCUT2D eigenvalue weighted by molar-refractivity contribution is -0.138. The number of carboxylic acid groups (broad SMARTS) is 1. The molecule has 0 radical (unpaired) electrons. The van der Waals surface area contributed by atoms with E-state index in [1.165, 1.54) is 0 Å². The molecule has 104 valence electrons. The summed E-state index contributed by atoms with van der Waals surface area (Å²) in [5.74, 6) is 0.505. The summed E-state index contributed by atoms with van der Waals surface area (Å²) in [5, 5.41) is 12.8. The number of aromatic nitrogens is 2. The van der Waals surface area contributed by atoms with Gasteiger partial charge in [-0.1, -0.05) is 17.3 Å². The van der Waals surface area contributed by atoms with Gasteiger partial charge in [-0.25, -0.2) is 0 Å². The number of ether oxygens (including phenoxy) is 1. The van der Waals surface area contributed by atoms with Gasteiger partial charge in [0, 0.05) is 6.42 Å². The van der Waals surface area contributed by atoms with Gasteiger partial charge in [0.2, 0.25) is 5.89 Å². The number of carbonyl (C=O) groups is 1. The normalized spacial score (nSPS) is 20.6. The fourth-order valence-electron chi connectivity index (χ4n) is 2.16. The topological polar surface area (TPSA) is 85.5 Å². The van der Waals surface area contributed by atoms with Crippen LogP contribution in [0.5, 0.6) is 5.75 Å². The number of hydrogen-bond acceptors (Lipinski definition) is 5. The highest BCUT2D eigenvalue weighted by Crippen LogP contribution is 2.46. The molecule has 20 heavy (non-hydrogen) atoms. The Morgan fingerprint density at radius 3 is 2.80 bits per heavy atom. The largest absolute Gasteiger partial charge is 0.497 e. The highest BCUT2D eigenvalue weighted by atomic mass is 16.5. The smallest absolute Gasteiger partial charge is 0.307 e. The molecule has 2 unspecified atom stereocenters. The van der Waals surface area contributed by atoms with Crippen molar-refractivity contribution in [2.45, 2.75) is 18.8 Å². The minimum Gasteiger partial charge on any atom is -0.497 e. The monoisotopic (exact) mass is 274 g/mol. The van der Waals surface area contributed by atoms with E-state index in [-0.39, 0.29) is 11.8 Å². The van der Waals surface area contributed by atoms with Crippen molar-refractivity contribution < 1.29 is 19.2 Å². The molecule has 2 aromatic rings. The van der Waals surface area contributed by atoms with Gasteiger partial charge in [0.05, 0.1) is 18.9 Å². The van der Waals surface area contributed by atoms with Gasteiger partial charge in [-0.2, -0.15) is 4.98 Å². The summed E-state index contributed by atoms with van der Waals surface area (Å²) < 4.78 is 10.2. The minimum absolute atomic E-state index is 0.121. The molecule has 0 amide bonds. The van der Waals surface area contributed by atoms with Crippen LogP contribution in [0.2, 0.25) is 0 Å². The van der Waals surface area contributed by atoms with E-state index in [1.54, 1.807) is 7.11 Å². The Hall–Kier alpha value is -2.37. The summed E-state index contributed by atoms with van der Waals surface area (Å²) in [6.45, 7) is 0. The Labute approximate surface area is 115 Å². The van der Waals surface area contributed by atoms with Crippen molar-refractivity contribution in [2.24, 2.45) is 5.92 Å². The number of hydrogen-bond donors (Lipinski definition) is 1. The lowest BCUT2D eigenvalue weighted by atomic mass is 10.1. The predicted octanol–water partition coefficient (Wildman–Crippen LogP) is 1.86. The summed E-state index contributed by atoms with van der Waals surface area (Å²) in [7, 11) is 1.62. The summed E-state index contributed by atoms with van der Waals surface area (Å²) in [5.41, 5.74) is 1.05. The van der Waals surface area contributed by atoms with Crippen molar-refractivity contribution in [3.8, 4) is 5.75 Å². The maximum atomic E-state index is 10.8. The van der Waals surface area contributed by atoms with E-state index in [4.69, 9.17) is 14.4 Å². The van der Waals surface area contributed by atoms with E-state index >= 15 is 0 Å². The maximum absolute atomic E-state index is 10.8. The zero-order valence-electron chi connectivity index (χ0n) is 10.9. The number of methoxy groups -OCH3 is 1. The molecule has 3 rings (SSSR count). The van der Waals surface area contributed by atoms with Crippen LogP contribution in [0, 0.1) is 5.92 Å². The average Bonchev–Trinajstić information content (AvgIpc) is 3.14. The average molecular weight is 274 g/mol. The second-order valence-corrected chi connectivity index (χ2v) is 4.86. The molecule has 0 aliphatic heterocycles. The zero-order chi connectivity index (χ0) is 14.1. The standard InChI is InChI=1S/C14H14N2O4/c1-19-9-4-2-8(3-5-9)6-12-15-13(20-16-12)10-7-11(10)14(17)18/h2-5,10-11H,6-7H2,1H3,(H,17,18). The molecule has 1 aliphatic carbocycles. The number of rotatable bonds is 5. The summed E-state index contributed by atoms with van der Waals surface area (Å²) in [6.07, 6.45) is 1.14. The highest BCUT2D eigenvalue weighted by molar-refractivity contribution is 5.74.